The minimum atomic E-state index is -1.44. The maximum Gasteiger partial charge on any atom is 0.326 e. The van der Waals surface area contributed by atoms with Crippen molar-refractivity contribution in [2.75, 3.05) is 0 Å². The summed E-state index contributed by atoms with van der Waals surface area (Å²) in [6, 6.07) is 6.06. The number of para-hydroxylation sites is 1. The molecule has 26 heavy (non-hydrogen) atoms. The number of Topliss-reactive ketones (excluding diaryl/α,β-unsaturated/α-hetero) is 1. The Hall–Kier alpha value is -3.29. The molecule has 0 aliphatic rings. The molecule has 1 amide bonds. The van der Waals surface area contributed by atoms with Crippen LogP contribution in [0.2, 0.25) is 0 Å². The standard InChI is InChI=1S/C17H18N4O5/c18-20-9-11(22)5-6-14(17(25)26)21-16(24)15(23)7-10-8-19-13-4-2-1-3-12(10)13/h1-4,8-9,14-15,19,23H,5-7H2,(H,21,24)(H,25,26). The van der Waals surface area contributed by atoms with Crippen LogP contribution in [0.4, 0.5) is 0 Å². The summed E-state index contributed by atoms with van der Waals surface area (Å²) in [6.45, 7) is 0. The smallest absolute Gasteiger partial charge is 0.326 e. The molecule has 0 saturated carbocycles. The van der Waals surface area contributed by atoms with Crippen LogP contribution in [0, 0.1) is 0 Å². The van der Waals surface area contributed by atoms with Gasteiger partial charge in [0.1, 0.15) is 12.1 Å². The first-order valence-electron chi connectivity index (χ1n) is 7.89. The van der Waals surface area contributed by atoms with E-state index in [-0.39, 0.29) is 19.3 Å². The lowest BCUT2D eigenvalue weighted by Crippen LogP contribution is -2.46. The average Bonchev–Trinajstić information content (AvgIpc) is 3.01. The summed E-state index contributed by atoms with van der Waals surface area (Å²) in [4.78, 5) is 40.2. The van der Waals surface area contributed by atoms with Gasteiger partial charge < -0.3 is 26.0 Å². The van der Waals surface area contributed by atoms with Gasteiger partial charge in [-0.25, -0.2) is 4.79 Å². The number of ketones is 1. The fourth-order valence-electron chi connectivity index (χ4n) is 2.54. The fourth-order valence-corrected chi connectivity index (χ4v) is 2.54. The number of amides is 1. The molecule has 136 valence electrons. The van der Waals surface area contributed by atoms with Crippen molar-refractivity contribution in [3.8, 4) is 0 Å². The van der Waals surface area contributed by atoms with E-state index in [1.165, 1.54) is 0 Å². The van der Waals surface area contributed by atoms with Crippen molar-refractivity contribution >= 4 is 34.8 Å². The molecule has 0 aliphatic carbocycles. The van der Waals surface area contributed by atoms with Crippen LogP contribution in [0.15, 0.2) is 30.5 Å². The summed E-state index contributed by atoms with van der Waals surface area (Å²) < 4.78 is 0. The second-order valence-electron chi connectivity index (χ2n) is 5.73. The molecule has 2 unspecified atom stereocenters. The molecule has 4 N–H and O–H groups in total. The first-order valence-corrected chi connectivity index (χ1v) is 7.89. The van der Waals surface area contributed by atoms with Gasteiger partial charge in [0.15, 0.2) is 0 Å². The number of aromatic amines is 1. The van der Waals surface area contributed by atoms with E-state index < -0.39 is 29.8 Å². The Labute approximate surface area is 148 Å². The van der Waals surface area contributed by atoms with Crippen molar-refractivity contribution < 1.29 is 29.4 Å². The fraction of sp³-hybridized carbons (Fsp3) is 0.294. The molecule has 9 heteroatoms. The van der Waals surface area contributed by atoms with Gasteiger partial charge in [0, 0.05) is 29.9 Å². The molecule has 1 heterocycles. The largest absolute Gasteiger partial charge is 0.480 e. The summed E-state index contributed by atoms with van der Waals surface area (Å²) in [5.41, 5.74) is 9.84. The van der Waals surface area contributed by atoms with Crippen LogP contribution in [0.1, 0.15) is 18.4 Å². The number of carboxylic acid groups (broad SMARTS) is 1. The second kappa shape index (κ2) is 8.70. The Morgan fingerprint density at radius 3 is 2.73 bits per heavy atom. The number of aliphatic hydroxyl groups is 1. The number of hydrogen-bond donors (Lipinski definition) is 4. The van der Waals surface area contributed by atoms with Crippen molar-refractivity contribution in [2.24, 2.45) is 0 Å². The number of carbonyl (C=O) groups is 3. The number of rotatable bonds is 9. The minimum Gasteiger partial charge on any atom is -0.480 e. The van der Waals surface area contributed by atoms with Gasteiger partial charge in [-0.3, -0.25) is 9.59 Å². The zero-order valence-corrected chi connectivity index (χ0v) is 13.8. The van der Waals surface area contributed by atoms with Gasteiger partial charge in [-0.05, 0) is 18.1 Å². The van der Waals surface area contributed by atoms with Crippen LogP contribution < -0.4 is 5.32 Å². The van der Waals surface area contributed by atoms with Gasteiger partial charge in [0.2, 0.25) is 11.7 Å². The Balaban J connectivity index is 1.98. The van der Waals surface area contributed by atoms with E-state index in [9.17, 15) is 19.5 Å². The highest BCUT2D eigenvalue weighted by Crippen LogP contribution is 2.19. The van der Waals surface area contributed by atoms with Crippen molar-refractivity contribution in [1.29, 1.82) is 0 Å². The molecule has 2 aromatic rings. The third-order valence-corrected chi connectivity index (χ3v) is 3.89. The summed E-state index contributed by atoms with van der Waals surface area (Å²) in [6.07, 6.45) is 0.505. The zero-order valence-electron chi connectivity index (χ0n) is 13.8. The van der Waals surface area contributed by atoms with Crippen molar-refractivity contribution in [3.63, 3.8) is 0 Å². The van der Waals surface area contributed by atoms with E-state index in [4.69, 9.17) is 10.6 Å². The van der Waals surface area contributed by atoms with Crippen molar-refractivity contribution in [2.45, 2.75) is 31.4 Å². The van der Waals surface area contributed by atoms with E-state index >= 15 is 0 Å². The van der Waals surface area contributed by atoms with Crippen molar-refractivity contribution in [3.05, 3.63) is 41.6 Å². The highest BCUT2D eigenvalue weighted by atomic mass is 16.4. The molecule has 0 radical (unpaired) electrons. The quantitative estimate of drug-likeness (QED) is 0.288. The molecule has 0 fully saturated rings. The third kappa shape index (κ3) is 4.85. The van der Waals surface area contributed by atoms with E-state index in [0.717, 1.165) is 16.5 Å². The highest BCUT2D eigenvalue weighted by Gasteiger charge is 2.25. The maximum absolute atomic E-state index is 12.1. The number of hydrogen-bond acceptors (Lipinski definition) is 4. The molecule has 2 atom stereocenters. The number of H-pyrrole nitrogens is 1. The molecule has 2 rings (SSSR count). The number of aliphatic carboxylic acids is 1. The summed E-state index contributed by atoms with van der Waals surface area (Å²) in [5, 5.41) is 22.3. The van der Waals surface area contributed by atoms with E-state index in [0.29, 0.717) is 6.21 Å². The summed E-state index contributed by atoms with van der Waals surface area (Å²) >= 11 is 0. The van der Waals surface area contributed by atoms with Crippen LogP contribution >= 0.6 is 0 Å². The first kappa shape index (κ1) is 19.0. The topological polar surface area (TPSA) is 156 Å². The third-order valence-electron chi connectivity index (χ3n) is 3.89. The number of aromatic nitrogens is 1. The van der Waals surface area contributed by atoms with Gasteiger partial charge in [-0.2, -0.15) is 4.79 Å². The van der Waals surface area contributed by atoms with Gasteiger partial charge in [-0.15, -0.1) is 0 Å². The van der Waals surface area contributed by atoms with E-state index in [2.05, 4.69) is 15.1 Å². The van der Waals surface area contributed by atoms with E-state index in [1.54, 1.807) is 6.20 Å². The zero-order chi connectivity index (χ0) is 19.1. The van der Waals surface area contributed by atoms with E-state index in [1.807, 2.05) is 24.3 Å². The molecule has 1 aromatic carbocycles. The Morgan fingerprint density at radius 1 is 1.31 bits per heavy atom. The van der Waals surface area contributed by atoms with Crippen LogP contribution in [-0.4, -0.2) is 56.0 Å². The number of benzene rings is 1. The molecule has 0 saturated heterocycles. The second-order valence-corrected chi connectivity index (χ2v) is 5.73. The Kier molecular flexibility index (Phi) is 6.37. The number of nitrogens with zero attached hydrogens (tertiary/aromatic N) is 2. The van der Waals surface area contributed by atoms with Gasteiger partial charge in [0.05, 0.1) is 0 Å². The molecule has 9 nitrogen and oxygen atoms in total. The monoisotopic (exact) mass is 358 g/mol. The number of fused-ring (bicyclic) bond motifs is 1. The Bertz CT molecular complexity index is 869. The van der Waals surface area contributed by atoms with Gasteiger partial charge in [-0.1, -0.05) is 18.2 Å². The molecular weight excluding hydrogens is 340 g/mol. The average molecular weight is 358 g/mol. The lowest BCUT2D eigenvalue weighted by molar-refractivity contribution is -0.143. The lowest BCUT2D eigenvalue weighted by atomic mass is 10.0. The van der Waals surface area contributed by atoms with Crippen LogP contribution in [0.5, 0.6) is 0 Å². The molecule has 0 bridgehead atoms. The molecule has 1 aromatic heterocycles. The van der Waals surface area contributed by atoms with Gasteiger partial charge in [0.25, 0.3) is 0 Å². The number of nitrogens with one attached hydrogen (secondary N) is 2. The van der Waals surface area contributed by atoms with Gasteiger partial charge >= 0.3 is 12.2 Å². The normalized spacial score (nSPS) is 12.8. The number of carboxylic acids is 1. The van der Waals surface area contributed by atoms with Crippen LogP contribution in [0.25, 0.3) is 16.4 Å². The maximum atomic E-state index is 12.1. The molecular formula is C17H18N4O5. The lowest BCUT2D eigenvalue weighted by Gasteiger charge is -2.16. The summed E-state index contributed by atoms with van der Waals surface area (Å²) in [5.74, 6) is -2.75. The number of carbonyl (C=O) groups excluding carboxylic acids is 2. The van der Waals surface area contributed by atoms with Crippen LogP contribution in [-0.2, 0) is 20.8 Å². The SMILES string of the molecule is [N-]=[N+]=CC(=O)CCC(NC(=O)C(O)Cc1c[nH]c2ccccc12)C(=O)O. The number of aliphatic hydroxyl groups excluding tert-OH is 1. The Morgan fingerprint density at radius 2 is 2.04 bits per heavy atom. The highest BCUT2D eigenvalue weighted by molar-refractivity contribution is 6.25. The summed E-state index contributed by atoms with van der Waals surface area (Å²) in [7, 11) is 0. The van der Waals surface area contributed by atoms with Crippen molar-refractivity contribution in [1.82, 2.24) is 10.3 Å². The first-order chi connectivity index (χ1) is 12.4. The predicted molar refractivity (Wildman–Crippen MR) is 91.5 cm³/mol. The minimum absolute atomic E-state index is 0.0122. The van der Waals surface area contributed by atoms with Crippen LogP contribution in [0.3, 0.4) is 0 Å². The molecule has 0 aliphatic heterocycles. The predicted octanol–water partition coefficient (Wildman–Crippen LogP) is 0.291. The molecule has 0 spiro atoms.